The van der Waals surface area contributed by atoms with Crippen LogP contribution in [0.4, 0.5) is 0 Å². The van der Waals surface area contributed by atoms with Crippen LogP contribution in [0.25, 0.3) is 0 Å². The van der Waals surface area contributed by atoms with Gasteiger partial charge < -0.3 is 10.5 Å². The Kier molecular flexibility index (Phi) is 2.85. The van der Waals surface area contributed by atoms with Crippen LogP contribution in [0.5, 0.6) is 0 Å². The fourth-order valence-corrected chi connectivity index (χ4v) is 0.373. The van der Waals surface area contributed by atoms with Crippen molar-refractivity contribution < 1.29 is 4.74 Å². The summed E-state index contributed by atoms with van der Waals surface area (Å²) in [6, 6.07) is 0. The minimum atomic E-state index is 0.634. The van der Waals surface area contributed by atoms with Gasteiger partial charge in [-0.25, -0.2) is 0 Å². The average Bonchev–Trinajstić information content (AvgIpc) is 1.84. The number of hydrogen-bond acceptors (Lipinski definition) is 2. The summed E-state index contributed by atoms with van der Waals surface area (Å²) in [5, 5.41) is 0. The number of rotatable bonds is 2. The number of nitrogens with two attached hydrogens (primary N) is 1. The normalized spacial score (nSPS) is 12.3. The Morgan fingerprint density at radius 3 is 2.00 bits per heavy atom. The Labute approximate surface area is 56.0 Å². The third kappa shape index (κ3) is 2.22. The third-order valence-corrected chi connectivity index (χ3v) is 1.26. The maximum Gasteiger partial charge on any atom is 0.116 e. The molecule has 0 bridgehead atoms. The molecule has 2 N–H and O–H groups in total. The number of ether oxygens (including phenoxy) is 1. The molecule has 0 amide bonds. The van der Waals surface area contributed by atoms with E-state index in [1.54, 1.807) is 7.11 Å². The molecule has 0 fully saturated rings. The van der Waals surface area contributed by atoms with Crippen molar-refractivity contribution in [2.75, 3.05) is 7.11 Å². The molecule has 0 saturated heterocycles. The zero-order chi connectivity index (χ0) is 7.44. The molecule has 0 rings (SSSR count). The first-order valence-electron chi connectivity index (χ1n) is 2.75. The first-order chi connectivity index (χ1) is 4.09. The van der Waals surface area contributed by atoms with Gasteiger partial charge in [0.05, 0.1) is 7.11 Å². The maximum atomic E-state index is 5.45. The summed E-state index contributed by atoms with van der Waals surface area (Å²) in [4.78, 5) is 0. The summed E-state index contributed by atoms with van der Waals surface area (Å²) < 4.78 is 4.84. The van der Waals surface area contributed by atoms with E-state index in [9.17, 15) is 0 Å². The second kappa shape index (κ2) is 3.17. The fourth-order valence-electron chi connectivity index (χ4n) is 0.373. The molecule has 2 nitrogen and oxygen atoms in total. The van der Waals surface area contributed by atoms with E-state index >= 15 is 0 Å². The van der Waals surface area contributed by atoms with Crippen molar-refractivity contribution in [3.05, 3.63) is 23.6 Å². The molecule has 0 aromatic carbocycles. The number of allylic oxidation sites excluding steroid dienone is 2. The lowest BCUT2D eigenvalue weighted by atomic mass is 10.2. The SMILES string of the molecule is C=C(OC)/C(C)=C(/C)N. The summed E-state index contributed by atoms with van der Waals surface area (Å²) in [6.45, 7) is 7.33. The van der Waals surface area contributed by atoms with Crippen LogP contribution in [-0.2, 0) is 4.74 Å². The predicted molar refractivity (Wildman–Crippen MR) is 38.7 cm³/mol. The Hall–Kier alpha value is -0.920. The van der Waals surface area contributed by atoms with E-state index in [-0.39, 0.29) is 0 Å². The predicted octanol–water partition coefficient (Wildman–Crippen LogP) is 1.40. The molecule has 0 aliphatic heterocycles. The van der Waals surface area contributed by atoms with Gasteiger partial charge >= 0.3 is 0 Å². The molecule has 0 heterocycles. The second-order valence-corrected chi connectivity index (χ2v) is 1.94. The average molecular weight is 127 g/mol. The minimum absolute atomic E-state index is 0.634. The van der Waals surface area contributed by atoms with E-state index < -0.39 is 0 Å². The summed E-state index contributed by atoms with van der Waals surface area (Å²) >= 11 is 0. The van der Waals surface area contributed by atoms with Crippen LogP contribution in [-0.4, -0.2) is 7.11 Å². The summed E-state index contributed by atoms with van der Waals surface area (Å²) in [5.41, 5.74) is 7.12. The number of hydrogen-bond donors (Lipinski definition) is 1. The topological polar surface area (TPSA) is 35.2 Å². The summed E-state index contributed by atoms with van der Waals surface area (Å²) in [5.74, 6) is 0.634. The molecule has 52 valence electrons. The summed E-state index contributed by atoms with van der Waals surface area (Å²) in [7, 11) is 1.58. The van der Waals surface area contributed by atoms with Crippen LogP contribution in [0.2, 0.25) is 0 Å². The molecule has 0 saturated carbocycles. The molecule has 0 spiro atoms. The van der Waals surface area contributed by atoms with Crippen LogP contribution in [0.1, 0.15) is 13.8 Å². The quantitative estimate of drug-likeness (QED) is 0.449. The van der Waals surface area contributed by atoms with Crippen LogP contribution >= 0.6 is 0 Å². The molecule has 0 unspecified atom stereocenters. The van der Waals surface area contributed by atoms with Crippen molar-refractivity contribution in [3.63, 3.8) is 0 Å². The van der Waals surface area contributed by atoms with Crippen LogP contribution in [0, 0.1) is 0 Å². The zero-order valence-electron chi connectivity index (χ0n) is 6.19. The van der Waals surface area contributed by atoms with Gasteiger partial charge in [0.2, 0.25) is 0 Å². The van der Waals surface area contributed by atoms with Gasteiger partial charge in [-0.1, -0.05) is 6.58 Å². The van der Waals surface area contributed by atoms with E-state index in [2.05, 4.69) is 6.58 Å². The molecule has 0 aromatic rings. The summed E-state index contributed by atoms with van der Waals surface area (Å²) in [6.07, 6.45) is 0. The molecule has 0 atom stereocenters. The van der Waals surface area contributed by atoms with Gasteiger partial charge in [0.15, 0.2) is 0 Å². The lowest BCUT2D eigenvalue weighted by molar-refractivity contribution is 0.302. The minimum Gasteiger partial charge on any atom is -0.497 e. The Bertz CT molecular complexity index is 143. The van der Waals surface area contributed by atoms with Crippen LogP contribution in [0.15, 0.2) is 23.6 Å². The van der Waals surface area contributed by atoms with Gasteiger partial charge in [0, 0.05) is 11.3 Å². The smallest absolute Gasteiger partial charge is 0.116 e. The van der Waals surface area contributed by atoms with Gasteiger partial charge in [-0.3, -0.25) is 0 Å². The van der Waals surface area contributed by atoms with E-state index in [1.807, 2.05) is 13.8 Å². The largest absolute Gasteiger partial charge is 0.497 e. The monoisotopic (exact) mass is 127 g/mol. The number of methoxy groups -OCH3 is 1. The highest BCUT2D eigenvalue weighted by molar-refractivity contribution is 5.24. The Balaban J connectivity index is 4.21. The molecule has 0 radical (unpaired) electrons. The zero-order valence-corrected chi connectivity index (χ0v) is 6.19. The molecular weight excluding hydrogens is 114 g/mol. The Morgan fingerprint density at radius 1 is 1.44 bits per heavy atom. The van der Waals surface area contributed by atoms with E-state index in [0.29, 0.717) is 5.76 Å². The van der Waals surface area contributed by atoms with Crippen molar-refractivity contribution >= 4 is 0 Å². The van der Waals surface area contributed by atoms with Gasteiger partial charge in [-0.05, 0) is 13.8 Å². The highest BCUT2D eigenvalue weighted by atomic mass is 16.5. The van der Waals surface area contributed by atoms with E-state index in [4.69, 9.17) is 10.5 Å². The molecule has 9 heavy (non-hydrogen) atoms. The molecule has 0 aliphatic rings. The fraction of sp³-hybridized carbons (Fsp3) is 0.429. The lowest BCUT2D eigenvalue weighted by Crippen LogP contribution is -1.98. The van der Waals surface area contributed by atoms with Crippen molar-refractivity contribution in [2.24, 2.45) is 5.73 Å². The van der Waals surface area contributed by atoms with Crippen LogP contribution in [0.3, 0.4) is 0 Å². The van der Waals surface area contributed by atoms with E-state index in [0.717, 1.165) is 11.3 Å². The highest BCUT2D eigenvalue weighted by Gasteiger charge is 1.95. The van der Waals surface area contributed by atoms with Gasteiger partial charge in [0.1, 0.15) is 5.76 Å². The molecular formula is C7H13NO. The molecule has 0 aliphatic carbocycles. The first-order valence-corrected chi connectivity index (χ1v) is 2.75. The second-order valence-electron chi connectivity index (χ2n) is 1.94. The third-order valence-electron chi connectivity index (χ3n) is 1.26. The van der Waals surface area contributed by atoms with E-state index in [1.165, 1.54) is 0 Å². The van der Waals surface area contributed by atoms with Crippen LogP contribution < -0.4 is 5.73 Å². The highest BCUT2D eigenvalue weighted by Crippen LogP contribution is 2.08. The first kappa shape index (κ1) is 8.08. The maximum absolute atomic E-state index is 5.45. The standard InChI is InChI=1S/C7H13NO/c1-5(6(2)8)7(3)9-4/h3,8H2,1-2,4H3/b6-5-. The lowest BCUT2D eigenvalue weighted by Gasteiger charge is -2.04. The van der Waals surface area contributed by atoms with Gasteiger partial charge in [-0.15, -0.1) is 0 Å². The van der Waals surface area contributed by atoms with Crippen molar-refractivity contribution in [3.8, 4) is 0 Å². The molecule has 2 heteroatoms. The van der Waals surface area contributed by atoms with Crippen molar-refractivity contribution in [1.82, 2.24) is 0 Å². The van der Waals surface area contributed by atoms with Crippen molar-refractivity contribution in [2.45, 2.75) is 13.8 Å². The van der Waals surface area contributed by atoms with Gasteiger partial charge in [-0.2, -0.15) is 0 Å². The molecule has 0 aromatic heterocycles. The Morgan fingerprint density at radius 2 is 1.89 bits per heavy atom. The van der Waals surface area contributed by atoms with Crippen molar-refractivity contribution in [1.29, 1.82) is 0 Å². The van der Waals surface area contributed by atoms with Gasteiger partial charge in [0.25, 0.3) is 0 Å².